The number of ether oxygens (including phenoxy) is 1. The molecular formula is C16H23ClN2O2. The Kier molecular flexibility index (Phi) is 6.49. The lowest BCUT2D eigenvalue weighted by Gasteiger charge is -2.20. The van der Waals surface area contributed by atoms with Crippen LogP contribution in [0.15, 0.2) is 18.2 Å². The summed E-state index contributed by atoms with van der Waals surface area (Å²) in [5, 5.41) is 0.496. The first-order valence-electron chi connectivity index (χ1n) is 7.47. The molecule has 4 nitrogen and oxygen atoms in total. The molecule has 21 heavy (non-hydrogen) atoms. The molecule has 0 atom stereocenters. The molecule has 0 saturated carbocycles. The summed E-state index contributed by atoms with van der Waals surface area (Å²) >= 11 is 6.07. The molecule has 0 aliphatic carbocycles. The van der Waals surface area contributed by atoms with E-state index in [9.17, 15) is 4.79 Å². The van der Waals surface area contributed by atoms with Gasteiger partial charge in [0.2, 0.25) is 0 Å². The quantitative estimate of drug-likeness (QED) is 0.597. The summed E-state index contributed by atoms with van der Waals surface area (Å²) in [6.07, 6.45) is 3.00. The molecule has 1 aromatic carbocycles. The Morgan fingerprint density at radius 2 is 2.14 bits per heavy atom. The van der Waals surface area contributed by atoms with Crippen LogP contribution < -0.4 is 4.74 Å². The van der Waals surface area contributed by atoms with Crippen LogP contribution >= 0.6 is 11.6 Å². The summed E-state index contributed by atoms with van der Waals surface area (Å²) in [5.74, 6) is 0.651. The number of carbonyl (C=O) groups is 1. The van der Waals surface area contributed by atoms with E-state index in [1.54, 1.807) is 18.2 Å². The van der Waals surface area contributed by atoms with Gasteiger partial charge in [0.1, 0.15) is 12.0 Å². The molecule has 5 heteroatoms. The fourth-order valence-corrected chi connectivity index (χ4v) is 2.74. The minimum atomic E-state index is 0.496. The number of carbonyl (C=O) groups excluding carboxylic acids is 1. The Hall–Kier alpha value is -1.10. The third-order valence-electron chi connectivity index (χ3n) is 3.78. The highest BCUT2D eigenvalue weighted by Crippen LogP contribution is 2.25. The van der Waals surface area contributed by atoms with Crippen molar-refractivity contribution in [2.45, 2.75) is 12.8 Å². The van der Waals surface area contributed by atoms with Gasteiger partial charge < -0.3 is 14.5 Å². The zero-order valence-corrected chi connectivity index (χ0v) is 13.3. The van der Waals surface area contributed by atoms with Crippen LogP contribution in [0, 0.1) is 0 Å². The fraction of sp³-hybridized carbons (Fsp3) is 0.562. The van der Waals surface area contributed by atoms with Crippen LogP contribution in [0.2, 0.25) is 5.02 Å². The highest BCUT2D eigenvalue weighted by molar-refractivity contribution is 6.32. The Balaban J connectivity index is 1.71. The van der Waals surface area contributed by atoms with Gasteiger partial charge in [0, 0.05) is 25.2 Å². The zero-order valence-electron chi connectivity index (χ0n) is 12.6. The number of aldehydes is 1. The monoisotopic (exact) mass is 310 g/mol. The highest BCUT2D eigenvalue weighted by atomic mass is 35.5. The zero-order chi connectivity index (χ0) is 15.1. The first kappa shape index (κ1) is 16.3. The molecule has 0 spiro atoms. The average Bonchev–Trinajstić information content (AvgIpc) is 2.69. The minimum Gasteiger partial charge on any atom is -0.492 e. The fourth-order valence-electron chi connectivity index (χ4n) is 2.50. The molecule has 0 unspecified atom stereocenters. The van der Waals surface area contributed by atoms with Gasteiger partial charge in [-0.3, -0.25) is 4.79 Å². The van der Waals surface area contributed by atoms with Gasteiger partial charge in [0.05, 0.1) is 11.6 Å². The van der Waals surface area contributed by atoms with Crippen molar-refractivity contribution in [1.29, 1.82) is 0 Å². The molecule has 2 rings (SSSR count). The molecule has 0 aromatic heterocycles. The Labute approximate surface area is 131 Å². The summed E-state index contributed by atoms with van der Waals surface area (Å²) in [7, 11) is 2.18. The van der Waals surface area contributed by atoms with E-state index in [2.05, 4.69) is 16.8 Å². The number of likely N-dealkylation sites (N-methyl/N-ethyl adjacent to an activating group) is 1. The van der Waals surface area contributed by atoms with Crippen molar-refractivity contribution < 1.29 is 9.53 Å². The minimum absolute atomic E-state index is 0.496. The maximum absolute atomic E-state index is 10.6. The normalized spacial score (nSPS) is 17.4. The molecule has 0 radical (unpaired) electrons. The molecule has 0 bridgehead atoms. The molecule has 0 amide bonds. The van der Waals surface area contributed by atoms with E-state index in [1.807, 2.05) is 0 Å². The maximum Gasteiger partial charge on any atom is 0.150 e. The van der Waals surface area contributed by atoms with Crippen molar-refractivity contribution in [1.82, 2.24) is 9.80 Å². The second-order valence-corrected chi connectivity index (χ2v) is 5.92. The summed E-state index contributed by atoms with van der Waals surface area (Å²) < 4.78 is 5.69. The van der Waals surface area contributed by atoms with Gasteiger partial charge in [-0.2, -0.15) is 0 Å². The Morgan fingerprint density at radius 1 is 1.29 bits per heavy atom. The standard InChI is InChI=1S/C16H23ClN2O2/c1-18-6-2-7-19(10-9-18)8-3-11-21-16-5-4-14(13-20)12-15(16)17/h4-5,12-13H,2-3,6-11H2,1H3. The van der Waals surface area contributed by atoms with Gasteiger partial charge in [-0.1, -0.05) is 11.6 Å². The van der Waals surface area contributed by atoms with Crippen molar-refractivity contribution in [3.63, 3.8) is 0 Å². The summed E-state index contributed by atoms with van der Waals surface area (Å²) in [4.78, 5) is 15.5. The third-order valence-corrected chi connectivity index (χ3v) is 4.08. The van der Waals surface area contributed by atoms with Gasteiger partial charge in [-0.25, -0.2) is 0 Å². The lowest BCUT2D eigenvalue weighted by atomic mass is 10.2. The Bertz CT molecular complexity index is 468. The van der Waals surface area contributed by atoms with E-state index in [4.69, 9.17) is 16.3 Å². The van der Waals surface area contributed by atoms with E-state index in [1.165, 1.54) is 19.5 Å². The van der Waals surface area contributed by atoms with Gasteiger partial charge in [-0.15, -0.1) is 0 Å². The van der Waals surface area contributed by atoms with E-state index in [0.29, 0.717) is 22.9 Å². The lowest BCUT2D eigenvalue weighted by molar-refractivity contribution is 0.112. The number of halogens is 1. The van der Waals surface area contributed by atoms with Crippen molar-refractivity contribution in [2.75, 3.05) is 46.4 Å². The summed E-state index contributed by atoms with van der Waals surface area (Å²) in [6.45, 7) is 6.32. The smallest absolute Gasteiger partial charge is 0.150 e. The van der Waals surface area contributed by atoms with Gasteiger partial charge in [0.25, 0.3) is 0 Å². The van der Waals surface area contributed by atoms with Crippen LogP contribution in [0.25, 0.3) is 0 Å². The molecule has 1 heterocycles. The number of nitrogens with zero attached hydrogens (tertiary/aromatic N) is 2. The van der Waals surface area contributed by atoms with Crippen LogP contribution in [0.4, 0.5) is 0 Å². The topological polar surface area (TPSA) is 32.8 Å². The van der Waals surface area contributed by atoms with Crippen molar-refractivity contribution in [3.8, 4) is 5.75 Å². The summed E-state index contributed by atoms with van der Waals surface area (Å²) in [6, 6.07) is 5.11. The SMILES string of the molecule is CN1CCCN(CCCOc2ccc(C=O)cc2Cl)CC1. The van der Waals surface area contributed by atoms with Crippen molar-refractivity contribution >= 4 is 17.9 Å². The molecule has 1 aliphatic heterocycles. The Morgan fingerprint density at radius 3 is 2.90 bits per heavy atom. The second kappa shape index (κ2) is 8.37. The molecule has 1 aliphatic rings. The molecule has 1 fully saturated rings. The maximum atomic E-state index is 10.6. The van der Waals surface area contributed by atoms with Crippen molar-refractivity contribution in [2.24, 2.45) is 0 Å². The molecule has 1 aromatic rings. The van der Waals surface area contributed by atoms with Crippen LogP contribution in [-0.2, 0) is 0 Å². The third kappa shape index (κ3) is 5.30. The van der Waals surface area contributed by atoms with E-state index in [0.717, 1.165) is 32.3 Å². The van der Waals surface area contributed by atoms with Crippen LogP contribution in [-0.4, -0.2) is 62.5 Å². The van der Waals surface area contributed by atoms with E-state index in [-0.39, 0.29) is 0 Å². The van der Waals surface area contributed by atoms with Gasteiger partial charge in [0.15, 0.2) is 0 Å². The number of hydrogen-bond donors (Lipinski definition) is 0. The average molecular weight is 311 g/mol. The highest BCUT2D eigenvalue weighted by Gasteiger charge is 2.11. The first-order chi connectivity index (χ1) is 10.2. The summed E-state index contributed by atoms with van der Waals surface area (Å²) in [5.41, 5.74) is 0.570. The van der Waals surface area contributed by atoms with Gasteiger partial charge in [-0.05, 0) is 51.2 Å². The largest absolute Gasteiger partial charge is 0.492 e. The number of hydrogen-bond acceptors (Lipinski definition) is 4. The lowest BCUT2D eigenvalue weighted by Crippen LogP contribution is -2.30. The predicted molar refractivity (Wildman–Crippen MR) is 85.5 cm³/mol. The molecule has 116 valence electrons. The van der Waals surface area contributed by atoms with Crippen LogP contribution in [0.5, 0.6) is 5.75 Å². The second-order valence-electron chi connectivity index (χ2n) is 5.51. The first-order valence-corrected chi connectivity index (χ1v) is 7.85. The predicted octanol–water partition coefficient (Wildman–Crippen LogP) is 2.56. The van der Waals surface area contributed by atoms with Crippen molar-refractivity contribution in [3.05, 3.63) is 28.8 Å². The van der Waals surface area contributed by atoms with Crippen LogP contribution in [0.3, 0.4) is 0 Å². The van der Waals surface area contributed by atoms with E-state index >= 15 is 0 Å². The van der Waals surface area contributed by atoms with Crippen LogP contribution in [0.1, 0.15) is 23.2 Å². The molecular weight excluding hydrogens is 288 g/mol. The number of benzene rings is 1. The molecule has 0 N–H and O–H groups in total. The van der Waals surface area contributed by atoms with Gasteiger partial charge >= 0.3 is 0 Å². The molecule has 1 saturated heterocycles. The van der Waals surface area contributed by atoms with E-state index < -0.39 is 0 Å². The number of rotatable bonds is 6.